The van der Waals surface area contributed by atoms with Gasteiger partial charge < -0.3 is 20.7 Å². The Morgan fingerprint density at radius 3 is 2.85 bits per heavy atom. The Hall–Kier alpha value is -2.35. The molecule has 0 saturated carbocycles. The Kier molecular flexibility index (Phi) is 3.75. The Morgan fingerprint density at radius 2 is 2.25 bits per heavy atom. The number of nitrogens with one attached hydrogen (secondary N) is 1. The summed E-state index contributed by atoms with van der Waals surface area (Å²) in [6.45, 7) is 3.43. The molecular weight excluding hydrogens is 280 g/mol. The number of hydrogen-bond donors (Lipinski definition) is 3. The van der Waals surface area contributed by atoms with E-state index in [1.54, 1.807) is 13.0 Å². The third-order valence-corrected chi connectivity index (χ3v) is 3.83. The van der Waals surface area contributed by atoms with Crippen molar-refractivity contribution in [3.63, 3.8) is 0 Å². The largest absolute Gasteiger partial charge is 0.465 e. The first-order valence-corrected chi connectivity index (χ1v) is 6.53. The number of aromatic nitrogens is 1. The molecule has 0 amide bonds. The zero-order chi connectivity index (χ0) is 14.9. The van der Waals surface area contributed by atoms with Crippen LogP contribution in [0.3, 0.4) is 0 Å². The Balaban J connectivity index is 2.74. The molecule has 0 aliphatic rings. The van der Waals surface area contributed by atoms with Crippen molar-refractivity contribution in [2.24, 2.45) is 10.1 Å². The van der Waals surface area contributed by atoms with Gasteiger partial charge in [0.1, 0.15) is 15.2 Å². The van der Waals surface area contributed by atoms with Gasteiger partial charge in [-0.05, 0) is 25.5 Å². The van der Waals surface area contributed by atoms with Crippen molar-refractivity contribution >= 4 is 39.0 Å². The number of esters is 1. The highest BCUT2D eigenvalue weighted by molar-refractivity contribution is 7.21. The molecule has 0 atom stereocenters. The third kappa shape index (κ3) is 2.37. The number of carbonyl (C=O) groups excluding carboxylic acids is 1. The van der Waals surface area contributed by atoms with E-state index in [0.717, 1.165) is 10.9 Å². The van der Waals surface area contributed by atoms with Crippen molar-refractivity contribution < 1.29 is 14.7 Å². The minimum atomic E-state index is -0.469. The summed E-state index contributed by atoms with van der Waals surface area (Å²) in [7, 11) is 1.31. The van der Waals surface area contributed by atoms with E-state index in [9.17, 15) is 4.79 Å². The van der Waals surface area contributed by atoms with E-state index in [0.29, 0.717) is 20.9 Å². The van der Waals surface area contributed by atoms with Crippen molar-refractivity contribution in [3.8, 4) is 0 Å². The maximum absolute atomic E-state index is 11.6. The Morgan fingerprint density at radius 1 is 1.55 bits per heavy atom. The number of rotatable bonds is 1. The van der Waals surface area contributed by atoms with Gasteiger partial charge in [-0.25, -0.2) is 9.79 Å². The minimum absolute atomic E-state index is 0.220. The molecule has 0 unspecified atom stereocenters. The lowest BCUT2D eigenvalue weighted by atomic mass is 10.2. The first-order valence-electron chi connectivity index (χ1n) is 5.71. The number of pyridine rings is 1. The zero-order valence-corrected chi connectivity index (χ0v) is 12.0. The normalized spacial score (nSPS) is 12.9. The van der Waals surface area contributed by atoms with Crippen LogP contribution in [0.5, 0.6) is 0 Å². The molecule has 0 fully saturated rings. The standard InChI is InChI=1S/C12H14N4O3S/c1-5-4-7(14-6(2)16-18)15-11-8(5)9(13)10(20-11)12(17)19-3/h4,18H,13H2,1-3H3,(H,14,15,16). The number of ether oxygens (including phenoxy) is 1. The highest BCUT2D eigenvalue weighted by Gasteiger charge is 2.18. The van der Waals surface area contributed by atoms with Crippen LogP contribution in [0.25, 0.3) is 10.2 Å². The molecule has 0 saturated heterocycles. The number of anilines is 1. The highest BCUT2D eigenvalue weighted by Crippen LogP contribution is 2.33. The molecule has 0 spiro atoms. The number of aromatic amines is 1. The first kappa shape index (κ1) is 14.1. The molecular formula is C12H14N4O3S. The van der Waals surface area contributed by atoms with Crippen LogP contribution >= 0.6 is 11.3 Å². The van der Waals surface area contributed by atoms with Crippen molar-refractivity contribution in [2.75, 3.05) is 12.8 Å². The van der Waals surface area contributed by atoms with Gasteiger partial charge in [-0.3, -0.25) is 0 Å². The second-order valence-corrected chi connectivity index (χ2v) is 5.16. The number of thiophene rings is 1. The van der Waals surface area contributed by atoms with Crippen LogP contribution in [-0.2, 0) is 4.74 Å². The van der Waals surface area contributed by atoms with Crippen molar-refractivity contribution in [1.29, 1.82) is 0 Å². The van der Waals surface area contributed by atoms with E-state index < -0.39 is 5.97 Å². The van der Waals surface area contributed by atoms with E-state index in [-0.39, 0.29) is 5.84 Å². The smallest absolute Gasteiger partial charge is 0.350 e. The predicted octanol–water partition coefficient (Wildman–Crippen LogP) is 1.61. The fourth-order valence-corrected chi connectivity index (χ4v) is 2.97. The predicted molar refractivity (Wildman–Crippen MR) is 77.1 cm³/mol. The minimum Gasteiger partial charge on any atom is -0.465 e. The van der Waals surface area contributed by atoms with Gasteiger partial charge in [0.2, 0.25) is 0 Å². The van der Waals surface area contributed by atoms with Crippen LogP contribution in [-0.4, -0.2) is 29.1 Å². The monoisotopic (exact) mass is 294 g/mol. The quantitative estimate of drug-likeness (QED) is 0.244. The lowest BCUT2D eigenvalue weighted by Gasteiger charge is -1.99. The summed E-state index contributed by atoms with van der Waals surface area (Å²) in [6, 6.07) is 1.77. The molecule has 8 heteroatoms. The molecule has 7 nitrogen and oxygen atoms in total. The van der Waals surface area contributed by atoms with Gasteiger partial charge in [-0.15, -0.1) is 11.3 Å². The maximum Gasteiger partial charge on any atom is 0.350 e. The lowest BCUT2D eigenvalue weighted by Crippen LogP contribution is -2.10. The van der Waals surface area contributed by atoms with Crippen LogP contribution in [0.1, 0.15) is 22.2 Å². The summed E-state index contributed by atoms with van der Waals surface area (Å²) < 4.78 is 4.70. The van der Waals surface area contributed by atoms with E-state index >= 15 is 0 Å². The van der Waals surface area contributed by atoms with E-state index in [1.807, 2.05) is 6.92 Å². The number of hydrogen-bond acceptors (Lipinski definition) is 6. The molecule has 2 aromatic heterocycles. The summed E-state index contributed by atoms with van der Waals surface area (Å²) in [5.74, 6) is -0.249. The number of H-pyrrole nitrogens is 1. The second kappa shape index (κ2) is 5.33. The number of fused-ring (bicyclic) bond motifs is 1. The molecule has 0 aromatic carbocycles. The summed E-state index contributed by atoms with van der Waals surface area (Å²) in [5.41, 5.74) is 7.77. The topological polar surface area (TPSA) is 113 Å². The molecule has 0 aliphatic carbocycles. The number of nitrogen functional groups attached to an aromatic ring is 1. The molecule has 2 heterocycles. The average molecular weight is 294 g/mol. The fourth-order valence-electron chi connectivity index (χ4n) is 1.85. The van der Waals surface area contributed by atoms with Gasteiger partial charge in [0.25, 0.3) is 0 Å². The van der Waals surface area contributed by atoms with Gasteiger partial charge in [0.05, 0.1) is 12.8 Å². The molecule has 0 bridgehead atoms. The van der Waals surface area contributed by atoms with Gasteiger partial charge in [0, 0.05) is 5.39 Å². The molecule has 0 radical (unpaired) electrons. The molecule has 106 valence electrons. The second-order valence-electron chi connectivity index (χ2n) is 4.14. The van der Waals surface area contributed by atoms with Gasteiger partial charge >= 0.3 is 5.97 Å². The molecule has 20 heavy (non-hydrogen) atoms. The van der Waals surface area contributed by atoms with Crippen LogP contribution in [0, 0.1) is 6.92 Å². The summed E-state index contributed by atoms with van der Waals surface area (Å²) >= 11 is 1.20. The van der Waals surface area contributed by atoms with Crippen molar-refractivity contribution in [2.45, 2.75) is 13.8 Å². The fraction of sp³-hybridized carbons (Fsp3) is 0.250. The van der Waals surface area contributed by atoms with Crippen molar-refractivity contribution in [3.05, 3.63) is 22.0 Å². The number of nitrogens with two attached hydrogens (primary N) is 1. The summed E-state index contributed by atoms with van der Waals surface area (Å²) in [6.07, 6.45) is 0. The highest BCUT2D eigenvalue weighted by atomic mass is 32.1. The average Bonchev–Trinajstić information content (AvgIpc) is 2.75. The lowest BCUT2D eigenvalue weighted by molar-refractivity contribution is 0.0607. The summed E-state index contributed by atoms with van der Waals surface area (Å²) in [5, 5.41) is 12.4. The van der Waals surface area contributed by atoms with Crippen LogP contribution in [0.4, 0.5) is 5.69 Å². The van der Waals surface area contributed by atoms with Crippen LogP contribution in [0.15, 0.2) is 16.2 Å². The van der Waals surface area contributed by atoms with Crippen molar-refractivity contribution in [1.82, 2.24) is 4.98 Å². The van der Waals surface area contributed by atoms with E-state index in [1.165, 1.54) is 18.4 Å². The Labute approximate surface area is 118 Å². The van der Waals surface area contributed by atoms with E-state index in [2.05, 4.69) is 15.1 Å². The van der Waals surface area contributed by atoms with Gasteiger partial charge in [0.15, 0.2) is 5.84 Å². The number of nitrogens with zero attached hydrogens (tertiary/aromatic N) is 2. The van der Waals surface area contributed by atoms with Crippen LogP contribution in [0.2, 0.25) is 0 Å². The molecule has 2 rings (SSSR count). The third-order valence-electron chi connectivity index (χ3n) is 2.73. The molecule has 2 aromatic rings. The zero-order valence-electron chi connectivity index (χ0n) is 11.2. The number of carbonyl (C=O) groups is 1. The number of amidine groups is 1. The number of aryl methyl sites for hydroxylation is 1. The SMILES string of the molecule is COC(=O)c1sc2[nH]/c(=N\C(C)=N\O)cc(C)c2c1N. The van der Waals surface area contributed by atoms with Gasteiger partial charge in [-0.1, -0.05) is 5.16 Å². The molecule has 4 N–H and O–H groups in total. The van der Waals surface area contributed by atoms with Crippen LogP contribution < -0.4 is 11.2 Å². The van der Waals surface area contributed by atoms with E-state index in [4.69, 9.17) is 15.7 Å². The summed E-state index contributed by atoms with van der Waals surface area (Å²) in [4.78, 5) is 19.8. The number of oxime groups is 1. The number of methoxy groups -OCH3 is 1. The Bertz CT molecular complexity index is 773. The first-order chi connectivity index (χ1) is 9.47. The maximum atomic E-state index is 11.6. The molecule has 0 aliphatic heterocycles. The van der Waals surface area contributed by atoms with Gasteiger partial charge in [-0.2, -0.15) is 0 Å².